The van der Waals surface area contributed by atoms with E-state index in [2.05, 4.69) is 99.6 Å². The fourth-order valence-electron chi connectivity index (χ4n) is 7.76. The van der Waals surface area contributed by atoms with Gasteiger partial charge in [-0.05, 0) is 65.6 Å². The second kappa shape index (κ2) is 13.3. The highest BCUT2D eigenvalue weighted by Gasteiger charge is 2.48. The van der Waals surface area contributed by atoms with Crippen LogP contribution in [0.4, 0.5) is 5.69 Å². The van der Waals surface area contributed by atoms with E-state index in [9.17, 15) is 9.59 Å². The van der Waals surface area contributed by atoms with E-state index < -0.39 is 14.4 Å². The van der Waals surface area contributed by atoms with Gasteiger partial charge in [-0.3, -0.25) is 14.2 Å². The Bertz CT molecular complexity index is 1420. The number of hydrogen-bond acceptors (Lipinski definition) is 5. The number of fused-ring (bicyclic) bond motifs is 1. The van der Waals surface area contributed by atoms with Crippen LogP contribution in [-0.4, -0.2) is 35.9 Å². The molecule has 43 heavy (non-hydrogen) atoms. The second-order valence-corrected chi connectivity index (χ2v) is 18.7. The van der Waals surface area contributed by atoms with Crippen molar-refractivity contribution in [1.82, 2.24) is 14.9 Å². The third-order valence-corrected chi connectivity index (χ3v) is 15.8. The molecule has 1 saturated heterocycles. The number of amides is 1. The van der Waals surface area contributed by atoms with E-state index in [4.69, 9.17) is 4.43 Å². The monoisotopic (exact) mass is 600 g/mol. The highest BCUT2D eigenvalue weighted by Crippen LogP contribution is 2.46. The molecule has 2 aliphatic rings. The Labute approximate surface area is 257 Å². The largest absolute Gasteiger partial charge is 0.408 e. The minimum Gasteiger partial charge on any atom is -0.408 e. The fraction of sp³-hybridized carbons (Fsp3) is 0.514. The Morgan fingerprint density at radius 3 is 2.28 bits per heavy atom. The standard InChI is InChI=1S/C35H48N4O3Si/c1-23(2)43(24(3)4,25(5)6)42-34(27-10-8-7-9-11-27)30-17-16-29(37-30)22-26-12-14-28(15-13-26)38-35(41)31-18-19-32-36-21-20-33(40)39(31)32/h7-15,20-21,23-25,29-31,34,37H,16-19,22H2,1-6H3,(H,38,41)/t29-,30+,31-,34+/m0/s1. The van der Waals surface area contributed by atoms with E-state index in [0.29, 0.717) is 41.3 Å². The Balaban J connectivity index is 1.24. The molecule has 2 aromatic carbocycles. The van der Waals surface area contributed by atoms with Gasteiger partial charge in [-0.15, -0.1) is 0 Å². The summed E-state index contributed by atoms with van der Waals surface area (Å²) in [5.41, 5.74) is 4.64. The van der Waals surface area contributed by atoms with E-state index >= 15 is 0 Å². The summed E-state index contributed by atoms with van der Waals surface area (Å²) in [5.74, 6) is 0.508. The number of carbonyl (C=O) groups excluding carboxylic acids is 1. The SMILES string of the molecule is CC(C)[Si](O[C@H](c1ccccc1)[C@H]1CC[C@@H](Cc2ccc(NC(=O)[C@@H]3CCc4nccc(=O)n43)cc2)N1)(C(C)C)C(C)C. The lowest BCUT2D eigenvalue weighted by Gasteiger charge is -2.46. The molecule has 230 valence electrons. The molecule has 3 heterocycles. The van der Waals surface area contributed by atoms with Crippen LogP contribution in [-0.2, 0) is 22.1 Å². The van der Waals surface area contributed by atoms with Crippen LogP contribution < -0.4 is 16.2 Å². The van der Waals surface area contributed by atoms with Gasteiger partial charge in [0.25, 0.3) is 5.56 Å². The molecule has 3 aromatic rings. The van der Waals surface area contributed by atoms with Crippen LogP contribution in [0, 0.1) is 0 Å². The molecule has 7 nitrogen and oxygen atoms in total. The fourth-order valence-corrected chi connectivity index (χ4v) is 13.3. The number of benzene rings is 2. The smallest absolute Gasteiger partial charge is 0.254 e. The Kier molecular flexibility index (Phi) is 9.69. The van der Waals surface area contributed by atoms with Gasteiger partial charge in [0, 0.05) is 36.5 Å². The summed E-state index contributed by atoms with van der Waals surface area (Å²) in [7, 11) is -2.09. The third kappa shape index (κ3) is 6.56. The molecule has 4 atom stereocenters. The maximum absolute atomic E-state index is 13.0. The van der Waals surface area contributed by atoms with Gasteiger partial charge >= 0.3 is 0 Å². The predicted molar refractivity (Wildman–Crippen MR) is 176 cm³/mol. The molecule has 0 saturated carbocycles. The van der Waals surface area contributed by atoms with Crippen molar-refractivity contribution in [3.05, 3.63) is 94.2 Å². The molecule has 1 fully saturated rings. The summed E-state index contributed by atoms with van der Waals surface area (Å²) in [5, 5.41) is 6.97. The number of nitrogens with one attached hydrogen (secondary N) is 2. The predicted octanol–water partition coefficient (Wildman–Crippen LogP) is 6.97. The van der Waals surface area contributed by atoms with Crippen molar-refractivity contribution in [3.8, 4) is 0 Å². The highest BCUT2D eigenvalue weighted by atomic mass is 28.4. The van der Waals surface area contributed by atoms with Crippen molar-refractivity contribution >= 4 is 19.9 Å². The summed E-state index contributed by atoms with van der Waals surface area (Å²) in [4.78, 5) is 29.6. The van der Waals surface area contributed by atoms with Gasteiger partial charge in [0.15, 0.2) is 0 Å². The molecule has 0 spiro atoms. The van der Waals surface area contributed by atoms with E-state index in [1.165, 1.54) is 28.0 Å². The average molecular weight is 601 g/mol. The molecular formula is C35H48N4O3Si. The number of aromatic nitrogens is 2. The van der Waals surface area contributed by atoms with Crippen molar-refractivity contribution in [3.63, 3.8) is 0 Å². The van der Waals surface area contributed by atoms with Crippen molar-refractivity contribution in [2.24, 2.45) is 0 Å². The summed E-state index contributed by atoms with van der Waals surface area (Å²) >= 11 is 0. The lowest BCUT2D eigenvalue weighted by atomic mass is 10.0. The lowest BCUT2D eigenvalue weighted by Crippen LogP contribution is -2.51. The normalized spacial score (nSPS) is 21.0. The molecule has 0 unspecified atom stereocenters. The van der Waals surface area contributed by atoms with Gasteiger partial charge in [0.05, 0.1) is 6.10 Å². The number of hydrogen-bond donors (Lipinski definition) is 2. The van der Waals surface area contributed by atoms with Gasteiger partial charge in [0.1, 0.15) is 11.9 Å². The molecular weight excluding hydrogens is 552 g/mol. The van der Waals surface area contributed by atoms with Crippen molar-refractivity contribution in [2.45, 2.75) is 114 Å². The third-order valence-electron chi connectivity index (χ3n) is 9.72. The minimum absolute atomic E-state index is 0.0334. The van der Waals surface area contributed by atoms with E-state index in [1.54, 1.807) is 0 Å². The van der Waals surface area contributed by atoms with Crippen LogP contribution >= 0.6 is 0 Å². The number of nitrogens with zero attached hydrogens (tertiary/aromatic N) is 2. The van der Waals surface area contributed by atoms with Crippen LogP contribution in [0.15, 0.2) is 71.7 Å². The Morgan fingerprint density at radius 2 is 1.63 bits per heavy atom. The molecule has 0 aliphatic carbocycles. The minimum atomic E-state index is -2.09. The van der Waals surface area contributed by atoms with Crippen LogP contribution in [0.5, 0.6) is 0 Å². The van der Waals surface area contributed by atoms with Gasteiger partial charge in [0.2, 0.25) is 14.2 Å². The van der Waals surface area contributed by atoms with Gasteiger partial charge < -0.3 is 15.1 Å². The zero-order valence-corrected chi connectivity index (χ0v) is 27.5. The Morgan fingerprint density at radius 1 is 0.953 bits per heavy atom. The maximum atomic E-state index is 13.0. The van der Waals surface area contributed by atoms with Crippen molar-refractivity contribution in [2.75, 3.05) is 5.32 Å². The zero-order valence-electron chi connectivity index (χ0n) is 26.5. The first-order valence-electron chi connectivity index (χ1n) is 16.0. The molecule has 5 rings (SSSR count). The van der Waals surface area contributed by atoms with Crippen molar-refractivity contribution < 1.29 is 9.22 Å². The highest BCUT2D eigenvalue weighted by molar-refractivity contribution is 6.77. The van der Waals surface area contributed by atoms with Crippen molar-refractivity contribution in [1.29, 1.82) is 0 Å². The van der Waals surface area contributed by atoms with Gasteiger partial charge in [-0.2, -0.15) is 0 Å². The van der Waals surface area contributed by atoms with E-state index in [0.717, 1.165) is 24.9 Å². The first-order valence-corrected chi connectivity index (χ1v) is 18.2. The summed E-state index contributed by atoms with van der Waals surface area (Å²) in [6, 6.07) is 20.4. The topological polar surface area (TPSA) is 85.2 Å². The van der Waals surface area contributed by atoms with Crippen LogP contribution in [0.25, 0.3) is 0 Å². The van der Waals surface area contributed by atoms with Crippen LogP contribution in [0.2, 0.25) is 16.6 Å². The molecule has 1 amide bonds. The summed E-state index contributed by atoms with van der Waals surface area (Å²) in [6.07, 6.45) is 5.87. The first kappa shape index (κ1) is 31.4. The summed E-state index contributed by atoms with van der Waals surface area (Å²) in [6.45, 7) is 14.1. The first-order chi connectivity index (χ1) is 20.6. The molecule has 2 N–H and O–H groups in total. The number of rotatable bonds is 11. The number of anilines is 1. The van der Waals surface area contributed by atoms with E-state index in [-0.39, 0.29) is 23.6 Å². The van der Waals surface area contributed by atoms with Crippen LogP contribution in [0.3, 0.4) is 0 Å². The lowest BCUT2D eigenvalue weighted by molar-refractivity contribution is -0.119. The maximum Gasteiger partial charge on any atom is 0.254 e. The molecule has 0 bridgehead atoms. The van der Waals surface area contributed by atoms with Gasteiger partial charge in [-0.1, -0.05) is 84.0 Å². The Hall–Kier alpha value is -3.07. The van der Waals surface area contributed by atoms with Gasteiger partial charge in [-0.25, -0.2) is 4.98 Å². The molecule has 1 aromatic heterocycles. The quantitative estimate of drug-likeness (QED) is 0.232. The molecule has 2 aliphatic heterocycles. The second-order valence-electron chi connectivity index (χ2n) is 13.3. The number of aryl methyl sites for hydroxylation is 1. The van der Waals surface area contributed by atoms with Crippen LogP contribution in [0.1, 0.15) is 89.9 Å². The molecule has 8 heteroatoms. The summed E-state index contributed by atoms with van der Waals surface area (Å²) < 4.78 is 8.95. The number of carbonyl (C=O) groups is 1. The zero-order chi connectivity index (χ0) is 30.7. The molecule has 0 radical (unpaired) electrons. The average Bonchev–Trinajstić information content (AvgIpc) is 3.63. The van der Waals surface area contributed by atoms with E-state index in [1.807, 2.05) is 12.1 Å².